The van der Waals surface area contributed by atoms with Gasteiger partial charge in [-0.3, -0.25) is 0 Å². The van der Waals surface area contributed by atoms with Crippen molar-refractivity contribution in [3.05, 3.63) is 89.5 Å². The number of hydrogen-bond acceptors (Lipinski definition) is 0. The van der Waals surface area contributed by atoms with Crippen LogP contribution in [0.3, 0.4) is 0 Å². The monoisotopic (exact) mass is 524 g/mol. The fraction of sp³-hybridized carbons (Fsp3) is 0.250. The first-order valence-corrected chi connectivity index (χ1v) is 14.6. The minimum atomic E-state index is -2.31. The van der Waals surface area contributed by atoms with Gasteiger partial charge in [0.15, 0.2) is 0 Å². The molecule has 0 N–H and O–H groups in total. The molecular weight excluding hydrogens is 497 g/mol. The summed E-state index contributed by atoms with van der Waals surface area (Å²) in [6.45, 7) is 6.87. The SMILES string of the molecule is CCc1cccc[c]1[Bi]([c]1ccccc1CC)[c]1ccccc1CC. The van der Waals surface area contributed by atoms with E-state index in [2.05, 4.69) is 93.6 Å². The minimum absolute atomic E-state index is 1.12. The van der Waals surface area contributed by atoms with Gasteiger partial charge in [0.2, 0.25) is 0 Å². The molecule has 25 heavy (non-hydrogen) atoms. The van der Waals surface area contributed by atoms with Crippen molar-refractivity contribution in [2.45, 2.75) is 40.0 Å². The van der Waals surface area contributed by atoms with Crippen molar-refractivity contribution in [3.63, 3.8) is 0 Å². The Balaban J connectivity index is 2.29. The number of benzene rings is 3. The Hall–Kier alpha value is -1.46. The first kappa shape index (κ1) is 18.3. The maximum absolute atomic E-state index is 2.41. The van der Waals surface area contributed by atoms with E-state index >= 15 is 0 Å². The van der Waals surface area contributed by atoms with E-state index in [4.69, 9.17) is 0 Å². The average Bonchev–Trinajstić information content (AvgIpc) is 2.69. The van der Waals surface area contributed by atoms with Crippen LogP contribution < -0.4 is 9.81 Å². The van der Waals surface area contributed by atoms with Gasteiger partial charge in [0, 0.05) is 0 Å². The van der Waals surface area contributed by atoms with Crippen LogP contribution in [0, 0.1) is 0 Å². The van der Waals surface area contributed by atoms with Crippen LogP contribution in [0.4, 0.5) is 0 Å². The van der Waals surface area contributed by atoms with Crippen molar-refractivity contribution >= 4 is 31.6 Å². The molecule has 0 fully saturated rings. The molecule has 0 amide bonds. The second kappa shape index (κ2) is 8.77. The van der Waals surface area contributed by atoms with E-state index in [9.17, 15) is 0 Å². The molecule has 0 aliphatic rings. The Morgan fingerprint density at radius 2 is 0.760 bits per heavy atom. The maximum atomic E-state index is 2.41. The number of rotatable bonds is 6. The first-order chi connectivity index (χ1) is 12.3. The average molecular weight is 524 g/mol. The summed E-state index contributed by atoms with van der Waals surface area (Å²) in [5.41, 5.74) is 4.62. The summed E-state index contributed by atoms with van der Waals surface area (Å²) in [6, 6.07) is 27.5. The van der Waals surface area contributed by atoms with Crippen LogP contribution in [0.1, 0.15) is 37.5 Å². The van der Waals surface area contributed by atoms with E-state index in [1.54, 1.807) is 9.81 Å². The van der Waals surface area contributed by atoms with Crippen LogP contribution in [0.25, 0.3) is 0 Å². The second-order valence-corrected chi connectivity index (χ2v) is 14.5. The van der Waals surface area contributed by atoms with Gasteiger partial charge >= 0.3 is 161 Å². The van der Waals surface area contributed by atoms with Crippen LogP contribution >= 0.6 is 0 Å². The summed E-state index contributed by atoms with van der Waals surface area (Å²) in [5.74, 6) is 0. The molecule has 0 bridgehead atoms. The third-order valence-corrected chi connectivity index (χ3v) is 15.5. The Bertz CT molecular complexity index is 722. The van der Waals surface area contributed by atoms with Gasteiger partial charge in [-0.15, -0.1) is 0 Å². The van der Waals surface area contributed by atoms with Crippen LogP contribution in [0.2, 0.25) is 0 Å². The summed E-state index contributed by atoms with van der Waals surface area (Å²) in [4.78, 5) is 0. The Kier molecular flexibility index (Phi) is 6.43. The summed E-state index contributed by atoms with van der Waals surface area (Å²) in [7, 11) is 0. The van der Waals surface area contributed by atoms with Gasteiger partial charge in [0.05, 0.1) is 0 Å². The number of hydrogen-bond donors (Lipinski definition) is 0. The van der Waals surface area contributed by atoms with Crippen LogP contribution in [0.5, 0.6) is 0 Å². The molecule has 0 aliphatic heterocycles. The zero-order valence-electron chi connectivity index (χ0n) is 15.5. The van der Waals surface area contributed by atoms with Crippen molar-refractivity contribution in [1.82, 2.24) is 0 Å². The fourth-order valence-corrected chi connectivity index (χ4v) is 15.3. The molecule has 128 valence electrons. The van der Waals surface area contributed by atoms with Crippen molar-refractivity contribution < 1.29 is 0 Å². The molecule has 0 aliphatic carbocycles. The standard InChI is InChI=1S/3C8H9.Bi/c3*1-2-8-6-4-3-5-7-8;/h3*3-6H,2H2,1H3;. The Morgan fingerprint density at radius 1 is 0.480 bits per heavy atom. The molecule has 0 unspecified atom stereocenters. The van der Waals surface area contributed by atoms with Gasteiger partial charge in [-0.25, -0.2) is 0 Å². The molecule has 0 saturated heterocycles. The zero-order chi connectivity index (χ0) is 17.6. The van der Waals surface area contributed by atoms with E-state index in [0.717, 1.165) is 19.3 Å². The molecule has 0 radical (unpaired) electrons. The summed E-state index contributed by atoms with van der Waals surface area (Å²) in [5, 5.41) is 0. The van der Waals surface area contributed by atoms with Gasteiger partial charge in [0.25, 0.3) is 0 Å². The third-order valence-electron chi connectivity index (χ3n) is 4.84. The van der Waals surface area contributed by atoms with Gasteiger partial charge in [-0.05, 0) is 0 Å². The topological polar surface area (TPSA) is 0 Å². The van der Waals surface area contributed by atoms with Crippen molar-refractivity contribution in [2.75, 3.05) is 0 Å². The quantitative estimate of drug-likeness (QED) is 0.430. The molecule has 0 heterocycles. The van der Waals surface area contributed by atoms with E-state index in [1.807, 2.05) is 0 Å². The molecule has 1 heteroatoms. The zero-order valence-corrected chi connectivity index (χ0v) is 19.0. The molecule has 0 nitrogen and oxygen atoms in total. The van der Waals surface area contributed by atoms with Gasteiger partial charge < -0.3 is 0 Å². The summed E-state index contributed by atoms with van der Waals surface area (Å²) in [6.07, 6.45) is 3.35. The van der Waals surface area contributed by atoms with Crippen LogP contribution in [-0.4, -0.2) is 21.8 Å². The van der Waals surface area contributed by atoms with E-state index < -0.39 is 21.8 Å². The molecule has 0 spiro atoms. The molecule has 3 aromatic carbocycles. The van der Waals surface area contributed by atoms with Gasteiger partial charge in [0.1, 0.15) is 0 Å². The van der Waals surface area contributed by atoms with Crippen LogP contribution in [0.15, 0.2) is 72.8 Å². The molecular formula is C24H27Bi. The first-order valence-electron chi connectivity index (χ1n) is 9.33. The summed E-state index contributed by atoms with van der Waals surface area (Å²) >= 11 is -2.31. The van der Waals surface area contributed by atoms with Gasteiger partial charge in [-0.1, -0.05) is 0 Å². The predicted molar refractivity (Wildman–Crippen MR) is 112 cm³/mol. The fourth-order valence-electron chi connectivity index (χ4n) is 3.47. The third kappa shape index (κ3) is 3.88. The Labute approximate surface area is 160 Å². The van der Waals surface area contributed by atoms with E-state index in [1.165, 1.54) is 16.7 Å². The molecule has 0 aromatic heterocycles. The molecule has 0 saturated carbocycles. The van der Waals surface area contributed by atoms with E-state index in [-0.39, 0.29) is 0 Å². The second-order valence-electron chi connectivity index (χ2n) is 6.28. The number of aryl methyl sites for hydroxylation is 3. The predicted octanol–water partition coefficient (Wildman–Crippen LogP) is 3.89. The van der Waals surface area contributed by atoms with Crippen molar-refractivity contribution in [1.29, 1.82) is 0 Å². The Morgan fingerprint density at radius 3 is 1.04 bits per heavy atom. The van der Waals surface area contributed by atoms with E-state index in [0.29, 0.717) is 0 Å². The molecule has 3 rings (SSSR count). The van der Waals surface area contributed by atoms with Crippen molar-refractivity contribution in [3.8, 4) is 0 Å². The van der Waals surface area contributed by atoms with Gasteiger partial charge in [-0.2, -0.15) is 0 Å². The van der Waals surface area contributed by atoms with Crippen molar-refractivity contribution in [2.24, 2.45) is 0 Å². The molecule has 0 atom stereocenters. The molecule has 3 aromatic rings. The summed E-state index contributed by atoms with van der Waals surface area (Å²) < 4.78 is 4.96. The van der Waals surface area contributed by atoms with Crippen LogP contribution in [-0.2, 0) is 19.3 Å². The normalized spacial score (nSPS) is 11.0.